The van der Waals surface area contributed by atoms with E-state index in [1.807, 2.05) is 19.0 Å². The Hall–Kier alpha value is -2.07. The lowest BCUT2D eigenvalue weighted by Gasteiger charge is -2.22. The van der Waals surface area contributed by atoms with E-state index < -0.39 is 15.7 Å². The third kappa shape index (κ3) is 5.30. The highest BCUT2D eigenvalue weighted by Gasteiger charge is 2.23. The van der Waals surface area contributed by atoms with E-state index in [0.717, 1.165) is 6.26 Å². The van der Waals surface area contributed by atoms with E-state index in [-0.39, 0.29) is 34.3 Å². The number of amides is 1. The molecule has 6 nitrogen and oxygen atoms in total. The molecule has 1 amide bonds. The minimum Gasteiger partial charge on any atom is -0.308 e. The number of benzene rings is 2. The van der Waals surface area contributed by atoms with Crippen LogP contribution in [-0.2, 0) is 9.84 Å². The molecule has 0 fully saturated rings. The van der Waals surface area contributed by atoms with Crippen molar-refractivity contribution in [2.75, 3.05) is 38.3 Å². The number of rotatable bonds is 6. The van der Waals surface area contributed by atoms with Gasteiger partial charge < -0.3 is 4.90 Å². The third-order valence-corrected chi connectivity index (χ3v) is 6.27. The van der Waals surface area contributed by atoms with E-state index >= 15 is 0 Å². The Kier molecular flexibility index (Phi) is 7.34. The number of carbonyl (C=O) groups excluding carboxylic acids is 1. The minimum atomic E-state index is -3.44. The minimum absolute atomic E-state index is 0. The van der Waals surface area contributed by atoms with Gasteiger partial charge in [-0.25, -0.2) is 17.8 Å². The van der Waals surface area contributed by atoms with Crippen LogP contribution in [0.1, 0.15) is 10.4 Å². The van der Waals surface area contributed by atoms with Crippen LogP contribution in [0.15, 0.2) is 47.4 Å². The fourth-order valence-corrected chi connectivity index (χ4v) is 4.29. The average Bonchev–Trinajstić information content (AvgIpc) is 3.06. The van der Waals surface area contributed by atoms with Gasteiger partial charge in [-0.15, -0.1) is 12.4 Å². The summed E-state index contributed by atoms with van der Waals surface area (Å²) in [7, 11) is 0.317. The smallest absolute Gasteiger partial charge is 0.260 e. The third-order valence-electron chi connectivity index (χ3n) is 4.11. The second kappa shape index (κ2) is 9.17. The first-order chi connectivity index (χ1) is 13.2. The highest BCUT2D eigenvalue weighted by Crippen LogP contribution is 2.31. The molecule has 0 aliphatic rings. The summed E-state index contributed by atoms with van der Waals surface area (Å²) in [4.78, 5) is 21.0. The standard InChI is InChI=1S/C19H20FN3O3S2.ClH/c1-22(2)10-11-23(19-21-17-15(20)8-5-9-16(17)27-19)18(24)13-6-4-7-14(12-13)28(3,25)26;/h4-9,12H,10-11H2,1-3H3;1H. The second-order valence-corrected chi connectivity index (χ2v) is 9.67. The Morgan fingerprint density at radius 2 is 1.83 bits per heavy atom. The molecule has 0 saturated carbocycles. The van der Waals surface area contributed by atoms with Crippen LogP contribution in [0.25, 0.3) is 10.2 Å². The van der Waals surface area contributed by atoms with Gasteiger partial charge in [0.15, 0.2) is 15.0 Å². The SMILES string of the molecule is CN(C)CCN(C(=O)c1cccc(S(C)(=O)=O)c1)c1nc2c(F)cccc2s1.Cl. The fraction of sp³-hybridized carbons (Fsp3) is 0.263. The molecule has 0 unspecified atom stereocenters. The van der Waals surface area contributed by atoms with Crippen LogP contribution in [0.3, 0.4) is 0 Å². The Morgan fingerprint density at radius 3 is 2.45 bits per heavy atom. The summed E-state index contributed by atoms with van der Waals surface area (Å²) < 4.78 is 38.4. The molecule has 10 heteroatoms. The maximum atomic E-state index is 14.1. The highest BCUT2D eigenvalue weighted by molar-refractivity contribution is 7.90. The lowest BCUT2D eigenvalue weighted by Crippen LogP contribution is -2.36. The largest absolute Gasteiger partial charge is 0.308 e. The quantitative estimate of drug-likeness (QED) is 0.566. The van der Waals surface area contributed by atoms with Crippen LogP contribution < -0.4 is 4.90 Å². The number of thiazole rings is 1. The summed E-state index contributed by atoms with van der Waals surface area (Å²) in [6.07, 6.45) is 1.09. The van der Waals surface area contributed by atoms with E-state index in [9.17, 15) is 17.6 Å². The number of likely N-dealkylation sites (N-methyl/N-ethyl adjacent to an activating group) is 1. The number of nitrogens with zero attached hydrogens (tertiary/aromatic N) is 3. The predicted octanol–water partition coefficient (Wildman–Crippen LogP) is 3.47. The van der Waals surface area contributed by atoms with Gasteiger partial charge in [-0.05, 0) is 44.4 Å². The van der Waals surface area contributed by atoms with Crippen molar-refractivity contribution >= 4 is 54.8 Å². The summed E-state index contributed by atoms with van der Waals surface area (Å²) in [5.41, 5.74) is 0.455. The van der Waals surface area contributed by atoms with E-state index in [1.165, 1.54) is 40.5 Å². The lowest BCUT2D eigenvalue weighted by atomic mass is 10.2. The van der Waals surface area contributed by atoms with Crippen molar-refractivity contribution in [1.82, 2.24) is 9.88 Å². The molecule has 0 N–H and O–H groups in total. The van der Waals surface area contributed by atoms with Crippen LogP contribution in [0.4, 0.5) is 9.52 Å². The maximum absolute atomic E-state index is 14.1. The molecule has 2 aromatic carbocycles. The predicted molar refractivity (Wildman–Crippen MR) is 117 cm³/mol. The average molecular weight is 458 g/mol. The summed E-state index contributed by atoms with van der Waals surface area (Å²) in [5, 5.41) is 0.372. The van der Waals surface area contributed by atoms with Gasteiger partial charge in [-0.1, -0.05) is 23.5 Å². The van der Waals surface area contributed by atoms with Gasteiger partial charge in [0.25, 0.3) is 5.91 Å². The summed E-state index contributed by atoms with van der Waals surface area (Å²) in [6.45, 7) is 0.895. The number of hydrogen-bond donors (Lipinski definition) is 0. The molecule has 29 heavy (non-hydrogen) atoms. The molecule has 1 heterocycles. The van der Waals surface area contributed by atoms with Gasteiger partial charge in [-0.2, -0.15) is 0 Å². The first-order valence-corrected chi connectivity index (χ1v) is 11.2. The van der Waals surface area contributed by atoms with Crippen molar-refractivity contribution in [2.24, 2.45) is 0 Å². The van der Waals surface area contributed by atoms with Crippen LogP contribution in [0.5, 0.6) is 0 Å². The second-order valence-electron chi connectivity index (χ2n) is 6.64. The van der Waals surface area contributed by atoms with Gasteiger partial charge in [0.05, 0.1) is 9.60 Å². The molecule has 156 valence electrons. The molecule has 0 radical (unpaired) electrons. The molecular weight excluding hydrogens is 437 g/mol. The number of aromatic nitrogens is 1. The van der Waals surface area contributed by atoms with Crippen LogP contribution in [-0.4, -0.2) is 57.6 Å². The number of sulfone groups is 1. The summed E-state index contributed by atoms with van der Waals surface area (Å²) >= 11 is 1.22. The Bertz CT molecular complexity index is 1130. The zero-order chi connectivity index (χ0) is 20.5. The molecule has 1 aromatic heterocycles. The molecule has 0 spiro atoms. The van der Waals surface area contributed by atoms with Crippen LogP contribution in [0.2, 0.25) is 0 Å². The van der Waals surface area contributed by atoms with E-state index in [2.05, 4.69) is 4.98 Å². The Balaban J connectivity index is 0.00000300. The highest BCUT2D eigenvalue weighted by atomic mass is 35.5. The topological polar surface area (TPSA) is 70.6 Å². The number of carbonyl (C=O) groups is 1. The maximum Gasteiger partial charge on any atom is 0.260 e. The number of hydrogen-bond acceptors (Lipinski definition) is 6. The molecule has 3 aromatic rings. The van der Waals surface area contributed by atoms with Crippen molar-refractivity contribution in [3.8, 4) is 0 Å². The number of para-hydroxylation sites is 1. The zero-order valence-electron chi connectivity index (χ0n) is 16.1. The van der Waals surface area contributed by atoms with Crippen molar-refractivity contribution < 1.29 is 17.6 Å². The van der Waals surface area contributed by atoms with Crippen molar-refractivity contribution in [1.29, 1.82) is 0 Å². The van der Waals surface area contributed by atoms with Crippen molar-refractivity contribution in [3.05, 3.63) is 53.8 Å². The molecule has 0 aliphatic carbocycles. The monoisotopic (exact) mass is 457 g/mol. The zero-order valence-corrected chi connectivity index (χ0v) is 18.6. The summed E-state index contributed by atoms with van der Waals surface area (Å²) in [5.74, 6) is -0.828. The van der Waals surface area contributed by atoms with Gasteiger partial charge in [-0.3, -0.25) is 9.69 Å². The van der Waals surface area contributed by atoms with Crippen molar-refractivity contribution in [2.45, 2.75) is 4.90 Å². The Labute approximate surface area is 179 Å². The normalized spacial score (nSPS) is 11.5. The van der Waals surface area contributed by atoms with Crippen molar-refractivity contribution in [3.63, 3.8) is 0 Å². The van der Waals surface area contributed by atoms with Gasteiger partial charge in [0.2, 0.25) is 0 Å². The molecule has 0 atom stereocenters. The molecule has 3 rings (SSSR count). The molecular formula is C19H21ClFN3O3S2. The van der Waals surface area contributed by atoms with E-state index in [1.54, 1.807) is 18.2 Å². The Morgan fingerprint density at radius 1 is 1.14 bits per heavy atom. The molecule has 0 bridgehead atoms. The van der Waals surface area contributed by atoms with Crippen LogP contribution in [0, 0.1) is 5.82 Å². The summed E-state index contributed by atoms with van der Waals surface area (Å²) in [6, 6.07) is 10.6. The first kappa shape index (κ1) is 23.2. The first-order valence-electron chi connectivity index (χ1n) is 8.48. The number of fused-ring (bicyclic) bond motifs is 1. The van der Waals surface area contributed by atoms with Gasteiger partial charge in [0.1, 0.15) is 11.3 Å². The number of anilines is 1. The molecule has 0 aliphatic heterocycles. The van der Waals surface area contributed by atoms with E-state index in [0.29, 0.717) is 22.9 Å². The van der Waals surface area contributed by atoms with Gasteiger partial charge >= 0.3 is 0 Å². The van der Waals surface area contributed by atoms with E-state index in [4.69, 9.17) is 0 Å². The van der Waals surface area contributed by atoms with Gasteiger partial charge in [0, 0.05) is 24.9 Å². The van der Waals surface area contributed by atoms with Crippen LogP contribution >= 0.6 is 23.7 Å². The lowest BCUT2D eigenvalue weighted by molar-refractivity contribution is 0.0985. The molecule has 0 saturated heterocycles. The number of halogens is 2. The fourth-order valence-electron chi connectivity index (χ4n) is 2.62.